The largest absolute Gasteiger partial charge is 0.480 e. The molecule has 0 aromatic heterocycles. The molecule has 0 heterocycles. The molecule has 3 N–H and O–H groups in total. The van der Waals surface area contributed by atoms with E-state index in [-0.39, 0.29) is 30.9 Å². The van der Waals surface area contributed by atoms with Crippen molar-refractivity contribution in [1.82, 2.24) is 10.6 Å². The third kappa shape index (κ3) is 6.21. The van der Waals surface area contributed by atoms with Gasteiger partial charge in [0.2, 0.25) is 5.91 Å². The van der Waals surface area contributed by atoms with E-state index in [0.717, 1.165) is 35.1 Å². The minimum absolute atomic E-state index is 0.0360. The van der Waals surface area contributed by atoms with Crippen molar-refractivity contribution < 1.29 is 24.2 Å². The Kier molecular flexibility index (Phi) is 7.73. The quantitative estimate of drug-likeness (QED) is 0.439. The van der Waals surface area contributed by atoms with Crippen LogP contribution in [0.25, 0.3) is 11.1 Å². The molecule has 2 amide bonds. The fraction of sp³-hybridized carbons (Fsp3) is 0.464. The predicted octanol–water partition coefficient (Wildman–Crippen LogP) is 4.56. The molecule has 7 nitrogen and oxygen atoms in total. The van der Waals surface area contributed by atoms with Crippen LogP contribution >= 0.6 is 0 Å². The Labute approximate surface area is 206 Å². The number of carboxylic acids is 1. The Bertz CT molecular complexity index is 1030. The molecule has 4 rings (SSSR count). The lowest BCUT2D eigenvalue weighted by molar-refractivity contribution is -0.143. The van der Waals surface area contributed by atoms with Crippen LogP contribution in [0.1, 0.15) is 56.6 Å². The fourth-order valence-corrected chi connectivity index (χ4v) is 4.88. The van der Waals surface area contributed by atoms with Crippen molar-refractivity contribution in [2.75, 3.05) is 13.2 Å². The van der Waals surface area contributed by atoms with E-state index in [2.05, 4.69) is 34.9 Å². The van der Waals surface area contributed by atoms with Crippen molar-refractivity contribution in [2.45, 2.75) is 51.5 Å². The number of hydrogen-bond donors (Lipinski definition) is 3. The maximum atomic E-state index is 12.9. The van der Waals surface area contributed by atoms with Crippen LogP contribution in [0, 0.1) is 17.8 Å². The van der Waals surface area contributed by atoms with Gasteiger partial charge in [-0.2, -0.15) is 0 Å². The van der Waals surface area contributed by atoms with Crippen LogP contribution in [0.5, 0.6) is 0 Å². The highest BCUT2D eigenvalue weighted by Gasteiger charge is 2.33. The number of ether oxygens (including phenoxy) is 1. The molecule has 2 atom stereocenters. The first-order valence-electron chi connectivity index (χ1n) is 12.5. The molecule has 2 aromatic carbocycles. The monoisotopic (exact) mass is 478 g/mol. The molecule has 0 saturated heterocycles. The molecule has 1 fully saturated rings. The summed E-state index contributed by atoms with van der Waals surface area (Å²) in [5.74, 6) is -1.31. The molecule has 7 heteroatoms. The van der Waals surface area contributed by atoms with Crippen LogP contribution in [0.4, 0.5) is 4.79 Å². The number of nitrogens with one attached hydrogen (secondary N) is 2. The van der Waals surface area contributed by atoms with E-state index < -0.39 is 24.0 Å². The molecule has 35 heavy (non-hydrogen) atoms. The molecule has 1 unspecified atom stereocenters. The summed E-state index contributed by atoms with van der Waals surface area (Å²) in [5, 5.41) is 14.9. The summed E-state index contributed by atoms with van der Waals surface area (Å²) < 4.78 is 5.59. The van der Waals surface area contributed by atoms with E-state index in [1.54, 1.807) is 0 Å². The third-order valence-electron chi connectivity index (χ3n) is 6.84. The summed E-state index contributed by atoms with van der Waals surface area (Å²) in [5.41, 5.74) is 4.59. The molecule has 0 radical (unpaired) electrons. The molecule has 2 aliphatic rings. The smallest absolute Gasteiger partial charge is 0.407 e. The molecule has 2 aromatic rings. The second kappa shape index (κ2) is 10.9. The Morgan fingerprint density at radius 1 is 1.00 bits per heavy atom. The SMILES string of the molecule is CC(C)C[C@@H](NC(=O)C(CNC(=O)OCC1c2ccccc2-c2ccccc21)CC1CC1)C(=O)O. The standard InChI is InChI=1S/C28H34N2O5/c1-17(2)13-25(27(32)33)30-26(31)19(14-18-11-12-18)15-29-28(34)35-16-24-22-9-5-3-7-20(22)21-8-4-6-10-23(21)24/h3-10,17-19,24-25H,11-16H2,1-2H3,(H,29,34)(H,30,31)(H,32,33)/t19?,25-/m1/s1. The van der Waals surface area contributed by atoms with Gasteiger partial charge in [-0.05, 0) is 46.9 Å². The van der Waals surface area contributed by atoms with Gasteiger partial charge in [0.15, 0.2) is 0 Å². The molecular formula is C28H34N2O5. The Hall–Kier alpha value is -3.35. The van der Waals surface area contributed by atoms with Gasteiger partial charge in [0.05, 0.1) is 5.92 Å². The number of alkyl carbamates (subject to hydrolysis) is 1. The molecule has 0 bridgehead atoms. The summed E-state index contributed by atoms with van der Waals surface area (Å²) in [6.07, 6.45) is 2.53. The highest BCUT2D eigenvalue weighted by Crippen LogP contribution is 2.44. The van der Waals surface area contributed by atoms with Gasteiger partial charge in [0.1, 0.15) is 12.6 Å². The maximum Gasteiger partial charge on any atom is 0.407 e. The van der Waals surface area contributed by atoms with Gasteiger partial charge < -0.3 is 20.5 Å². The van der Waals surface area contributed by atoms with E-state index in [4.69, 9.17) is 4.74 Å². The highest BCUT2D eigenvalue weighted by atomic mass is 16.5. The zero-order valence-corrected chi connectivity index (χ0v) is 20.3. The van der Waals surface area contributed by atoms with Crippen molar-refractivity contribution in [1.29, 1.82) is 0 Å². The second-order valence-electron chi connectivity index (χ2n) is 10.1. The van der Waals surface area contributed by atoms with Gasteiger partial charge in [0.25, 0.3) is 0 Å². The maximum absolute atomic E-state index is 12.9. The van der Waals surface area contributed by atoms with Crippen LogP contribution in [0.15, 0.2) is 48.5 Å². The number of benzene rings is 2. The molecule has 186 valence electrons. The van der Waals surface area contributed by atoms with Crippen molar-refractivity contribution in [3.05, 3.63) is 59.7 Å². The van der Waals surface area contributed by atoms with Crippen LogP contribution in [0.2, 0.25) is 0 Å². The van der Waals surface area contributed by atoms with Gasteiger partial charge in [-0.25, -0.2) is 9.59 Å². The van der Waals surface area contributed by atoms with Gasteiger partial charge >= 0.3 is 12.1 Å². The van der Waals surface area contributed by atoms with Crippen molar-refractivity contribution in [2.24, 2.45) is 17.8 Å². The zero-order chi connectivity index (χ0) is 24.9. The van der Waals surface area contributed by atoms with E-state index in [0.29, 0.717) is 18.8 Å². The number of aliphatic carboxylic acids is 1. The number of carbonyl (C=O) groups is 3. The lowest BCUT2D eigenvalue weighted by Crippen LogP contribution is -2.47. The van der Waals surface area contributed by atoms with Crippen LogP contribution in [0.3, 0.4) is 0 Å². The molecular weight excluding hydrogens is 444 g/mol. The van der Waals surface area contributed by atoms with Crippen molar-refractivity contribution in [3.8, 4) is 11.1 Å². The van der Waals surface area contributed by atoms with E-state index in [9.17, 15) is 19.5 Å². The van der Waals surface area contributed by atoms with Gasteiger partial charge in [-0.1, -0.05) is 75.2 Å². The van der Waals surface area contributed by atoms with Crippen molar-refractivity contribution in [3.63, 3.8) is 0 Å². The fourth-order valence-electron chi connectivity index (χ4n) is 4.88. The average molecular weight is 479 g/mol. The number of rotatable bonds is 11. The number of fused-ring (bicyclic) bond motifs is 3. The van der Waals surface area contributed by atoms with Gasteiger partial charge in [-0.3, -0.25) is 4.79 Å². The summed E-state index contributed by atoms with van der Waals surface area (Å²) in [6.45, 7) is 4.16. The van der Waals surface area contributed by atoms with Gasteiger partial charge in [0, 0.05) is 12.5 Å². The summed E-state index contributed by atoms with van der Waals surface area (Å²) in [4.78, 5) is 37.0. The number of hydrogen-bond acceptors (Lipinski definition) is 4. The first kappa shape index (κ1) is 24.8. The lowest BCUT2D eigenvalue weighted by atomic mass is 9.98. The Balaban J connectivity index is 1.34. The lowest BCUT2D eigenvalue weighted by Gasteiger charge is -2.22. The summed E-state index contributed by atoms with van der Waals surface area (Å²) >= 11 is 0. The predicted molar refractivity (Wildman–Crippen MR) is 133 cm³/mol. The molecule has 1 saturated carbocycles. The van der Waals surface area contributed by atoms with E-state index in [1.165, 1.54) is 0 Å². The normalized spacial score (nSPS) is 16.2. The van der Waals surface area contributed by atoms with Gasteiger partial charge in [-0.15, -0.1) is 0 Å². The summed E-state index contributed by atoms with van der Waals surface area (Å²) in [7, 11) is 0. The van der Waals surface area contributed by atoms with E-state index >= 15 is 0 Å². The van der Waals surface area contributed by atoms with Crippen molar-refractivity contribution >= 4 is 18.0 Å². The van der Waals surface area contributed by atoms with E-state index in [1.807, 2.05) is 38.1 Å². The molecule has 2 aliphatic carbocycles. The first-order valence-corrected chi connectivity index (χ1v) is 12.5. The minimum atomic E-state index is -1.04. The number of carbonyl (C=O) groups excluding carboxylic acids is 2. The van der Waals surface area contributed by atoms with Crippen LogP contribution < -0.4 is 10.6 Å². The second-order valence-corrected chi connectivity index (χ2v) is 10.1. The van der Waals surface area contributed by atoms with Crippen LogP contribution in [-0.4, -0.2) is 42.3 Å². The first-order chi connectivity index (χ1) is 16.8. The molecule has 0 aliphatic heterocycles. The summed E-state index contributed by atoms with van der Waals surface area (Å²) in [6, 6.07) is 15.3. The number of amides is 2. The number of carboxylic acid groups (broad SMARTS) is 1. The topological polar surface area (TPSA) is 105 Å². The highest BCUT2D eigenvalue weighted by molar-refractivity contribution is 5.85. The Morgan fingerprint density at radius 2 is 1.60 bits per heavy atom. The molecule has 0 spiro atoms. The van der Waals surface area contributed by atoms with Crippen LogP contribution in [-0.2, 0) is 14.3 Å². The zero-order valence-electron chi connectivity index (χ0n) is 20.3. The minimum Gasteiger partial charge on any atom is -0.480 e. The third-order valence-corrected chi connectivity index (χ3v) is 6.84. The Morgan fingerprint density at radius 3 is 2.14 bits per heavy atom. The average Bonchev–Trinajstić information content (AvgIpc) is 3.60.